The van der Waals surface area contributed by atoms with Crippen LogP contribution in [0.2, 0.25) is 0 Å². The van der Waals surface area contributed by atoms with Gasteiger partial charge in [0.2, 0.25) is 5.88 Å². The molecule has 1 aromatic heterocycles. The molecule has 0 saturated carbocycles. The van der Waals surface area contributed by atoms with Crippen molar-refractivity contribution in [1.82, 2.24) is 9.88 Å². The minimum absolute atomic E-state index is 0.0414. The third-order valence-corrected chi connectivity index (χ3v) is 3.83. The van der Waals surface area contributed by atoms with Crippen LogP contribution in [-0.4, -0.2) is 48.2 Å². The highest BCUT2D eigenvalue weighted by molar-refractivity contribution is 5.98. The Hall–Kier alpha value is -2.14. The number of ether oxygens (including phenoxy) is 2. The fraction of sp³-hybridized carbons (Fsp3) is 0.412. The van der Waals surface area contributed by atoms with E-state index in [1.807, 2.05) is 43.0 Å². The van der Waals surface area contributed by atoms with Gasteiger partial charge in [-0.3, -0.25) is 4.79 Å². The third kappa shape index (κ3) is 2.90. The molecule has 2 heterocycles. The maximum absolute atomic E-state index is 12.7. The normalized spacial score (nSPS) is 21.9. The van der Waals surface area contributed by atoms with Crippen molar-refractivity contribution in [1.29, 1.82) is 0 Å². The number of hydrogen-bond acceptors (Lipinski definition) is 4. The van der Waals surface area contributed by atoms with Gasteiger partial charge in [-0.15, -0.1) is 0 Å². The van der Waals surface area contributed by atoms with Crippen LogP contribution in [0.1, 0.15) is 24.2 Å². The van der Waals surface area contributed by atoms with Gasteiger partial charge in [0, 0.05) is 30.1 Å². The molecule has 1 amide bonds. The molecule has 0 spiro atoms. The molecule has 0 N–H and O–H groups in total. The summed E-state index contributed by atoms with van der Waals surface area (Å²) < 4.78 is 10.8. The predicted octanol–water partition coefficient (Wildman–Crippen LogP) is 2.49. The highest BCUT2D eigenvalue weighted by Crippen LogP contribution is 2.20. The van der Waals surface area contributed by atoms with Crippen LogP contribution in [0, 0.1) is 0 Å². The van der Waals surface area contributed by atoms with Crippen molar-refractivity contribution in [2.24, 2.45) is 0 Å². The van der Waals surface area contributed by atoms with Gasteiger partial charge < -0.3 is 14.4 Å². The minimum atomic E-state index is 0.0414. The zero-order valence-electron chi connectivity index (χ0n) is 13.1. The van der Waals surface area contributed by atoms with E-state index in [0.29, 0.717) is 24.5 Å². The van der Waals surface area contributed by atoms with Gasteiger partial charge in [-0.1, -0.05) is 0 Å². The van der Waals surface area contributed by atoms with Crippen molar-refractivity contribution in [3.63, 3.8) is 0 Å². The topological polar surface area (TPSA) is 51.7 Å². The SMILES string of the molecule is COc1ccc2cc(C(=O)N3CC(C)OC(C)C3)ccc2n1. The van der Waals surface area contributed by atoms with Crippen molar-refractivity contribution in [3.05, 3.63) is 35.9 Å². The van der Waals surface area contributed by atoms with Crippen LogP contribution in [-0.2, 0) is 4.74 Å². The number of rotatable bonds is 2. The van der Waals surface area contributed by atoms with Crippen LogP contribution in [0.3, 0.4) is 0 Å². The molecular weight excluding hydrogens is 280 g/mol. The standard InChI is InChI=1S/C17H20N2O3/c1-11-9-19(10-12(2)22-11)17(20)14-4-6-15-13(8-14)5-7-16(18-15)21-3/h4-8,11-12H,9-10H2,1-3H3. The molecule has 5 nitrogen and oxygen atoms in total. The number of pyridine rings is 1. The number of hydrogen-bond donors (Lipinski definition) is 0. The fourth-order valence-corrected chi connectivity index (χ4v) is 2.88. The van der Waals surface area contributed by atoms with Crippen molar-refractivity contribution in [2.75, 3.05) is 20.2 Å². The molecule has 0 radical (unpaired) electrons. The monoisotopic (exact) mass is 300 g/mol. The van der Waals surface area contributed by atoms with Crippen molar-refractivity contribution in [3.8, 4) is 5.88 Å². The molecule has 22 heavy (non-hydrogen) atoms. The second-order valence-electron chi connectivity index (χ2n) is 5.73. The highest BCUT2D eigenvalue weighted by atomic mass is 16.5. The summed E-state index contributed by atoms with van der Waals surface area (Å²) >= 11 is 0. The van der Waals surface area contributed by atoms with Gasteiger partial charge in [0.25, 0.3) is 5.91 Å². The number of amides is 1. The quantitative estimate of drug-likeness (QED) is 0.855. The average Bonchev–Trinajstić information content (AvgIpc) is 2.52. The van der Waals surface area contributed by atoms with E-state index in [2.05, 4.69) is 4.98 Å². The summed E-state index contributed by atoms with van der Waals surface area (Å²) in [6.07, 6.45) is 0.137. The van der Waals surface area contributed by atoms with Crippen LogP contribution in [0.4, 0.5) is 0 Å². The molecular formula is C17H20N2O3. The average molecular weight is 300 g/mol. The lowest BCUT2D eigenvalue weighted by molar-refractivity contribution is -0.0586. The first-order valence-corrected chi connectivity index (χ1v) is 7.46. The molecule has 3 rings (SSSR count). The first-order valence-electron chi connectivity index (χ1n) is 7.46. The highest BCUT2D eigenvalue weighted by Gasteiger charge is 2.26. The summed E-state index contributed by atoms with van der Waals surface area (Å²) in [5.41, 5.74) is 1.50. The van der Waals surface area contributed by atoms with E-state index in [0.717, 1.165) is 10.9 Å². The number of benzene rings is 1. The molecule has 1 saturated heterocycles. The molecule has 1 aromatic carbocycles. The van der Waals surface area contributed by atoms with Crippen LogP contribution >= 0.6 is 0 Å². The molecule has 1 aliphatic heterocycles. The molecule has 1 fully saturated rings. The number of methoxy groups -OCH3 is 1. The Kier molecular flexibility index (Phi) is 3.98. The molecule has 2 unspecified atom stereocenters. The molecule has 0 aliphatic carbocycles. The first-order chi connectivity index (χ1) is 10.6. The van der Waals surface area contributed by atoms with Gasteiger partial charge in [0.1, 0.15) is 0 Å². The number of aromatic nitrogens is 1. The van der Waals surface area contributed by atoms with E-state index < -0.39 is 0 Å². The molecule has 1 aliphatic rings. The maximum Gasteiger partial charge on any atom is 0.254 e. The van der Waals surface area contributed by atoms with Crippen LogP contribution < -0.4 is 4.74 Å². The molecule has 5 heteroatoms. The van der Waals surface area contributed by atoms with E-state index in [-0.39, 0.29) is 18.1 Å². The third-order valence-electron chi connectivity index (χ3n) is 3.83. The predicted molar refractivity (Wildman–Crippen MR) is 84.2 cm³/mol. The van der Waals surface area contributed by atoms with Crippen molar-refractivity contribution < 1.29 is 14.3 Å². The second kappa shape index (κ2) is 5.93. The smallest absolute Gasteiger partial charge is 0.254 e. The van der Waals surface area contributed by atoms with E-state index >= 15 is 0 Å². The summed E-state index contributed by atoms with van der Waals surface area (Å²) in [5, 5.41) is 0.931. The second-order valence-corrected chi connectivity index (χ2v) is 5.73. The number of nitrogens with zero attached hydrogens (tertiary/aromatic N) is 2. The van der Waals surface area contributed by atoms with Gasteiger partial charge in [-0.05, 0) is 38.1 Å². The zero-order valence-corrected chi connectivity index (χ0v) is 13.1. The number of morpholine rings is 1. The number of fused-ring (bicyclic) bond motifs is 1. The molecule has 2 aromatic rings. The Labute approximate surface area is 129 Å². The summed E-state index contributed by atoms with van der Waals surface area (Å²) in [5.74, 6) is 0.613. The minimum Gasteiger partial charge on any atom is -0.481 e. The zero-order chi connectivity index (χ0) is 15.7. The molecule has 2 atom stereocenters. The number of carbonyl (C=O) groups excluding carboxylic acids is 1. The van der Waals surface area contributed by atoms with E-state index in [1.54, 1.807) is 13.2 Å². The van der Waals surface area contributed by atoms with Gasteiger partial charge in [0.05, 0.1) is 24.8 Å². The Morgan fingerprint density at radius 3 is 2.64 bits per heavy atom. The fourth-order valence-electron chi connectivity index (χ4n) is 2.88. The molecule has 0 bridgehead atoms. The van der Waals surface area contributed by atoms with Crippen LogP contribution in [0.25, 0.3) is 10.9 Å². The van der Waals surface area contributed by atoms with Gasteiger partial charge in [0.15, 0.2) is 0 Å². The summed E-state index contributed by atoms with van der Waals surface area (Å²) in [6, 6.07) is 9.28. The maximum atomic E-state index is 12.7. The van der Waals surface area contributed by atoms with Gasteiger partial charge >= 0.3 is 0 Å². The van der Waals surface area contributed by atoms with E-state index in [4.69, 9.17) is 9.47 Å². The van der Waals surface area contributed by atoms with Gasteiger partial charge in [-0.25, -0.2) is 4.98 Å². The Morgan fingerprint density at radius 1 is 1.23 bits per heavy atom. The lowest BCUT2D eigenvalue weighted by atomic mass is 10.1. The van der Waals surface area contributed by atoms with Gasteiger partial charge in [-0.2, -0.15) is 0 Å². The van der Waals surface area contributed by atoms with Crippen molar-refractivity contribution in [2.45, 2.75) is 26.1 Å². The Bertz CT molecular complexity index is 691. The first kappa shape index (κ1) is 14.8. The summed E-state index contributed by atoms with van der Waals surface area (Å²) in [6.45, 7) is 5.24. The van der Waals surface area contributed by atoms with Crippen LogP contribution in [0.15, 0.2) is 30.3 Å². The largest absolute Gasteiger partial charge is 0.481 e. The Balaban J connectivity index is 1.87. The Morgan fingerprint density at radius 2 is 1.95 bits per heavy atom. The van der Waals surface area contributed by atoms with Crippen molar-refractivity contribution >= 4 is 16.8 Å². The summed E-state index contributed by atoms with van der Waals surface area (Å²) in [4.78, 5) is 18.9. The van der Waals surface area contributed by atoms with Crippen LogP contribution in [0.5, 0.6) is 5.88 Å². The van der Waals surface area contributed by atoms with E-state index in [9.17, 15) is 4.79 Å². The molecule has 116 valence electrons. The number of carbonyl (C=O) groups is 1. The summed E-state index contributed by atoms with van der Waals surface area (Å²) in [7, 11) is 1.59. The lowest BCUT2D eigenvalue weighted by Crippen LogP contribution is -2.48. The lowest BCUT2D eigenvalue weighted by Gasteiger charge is -2.35. The van der Waals surface area contributed by atoms with E-state index in [1.165, 1.54) is 0 Å².